The molecule has 2 N–H and O–H groups in total. The van der Waals surface area contributed by atoms with Gasteiger partial charge in [-0.3, -0.25) is 10.1 Å². The third kappa shape index (κ3) is 4.50. The number of rotatable bonds is 7. The number of nitrogens with one attached hydrogen (secondary N) is 1. The quantitative estimate of drug-likeness (QED) is 0.597. The first kappa shape index (κ1) is 16.0. The highest BCUT2D eigenvalue weighted by Gasteiger charge is 2.19. The van der Waals surface area contributed by atoms with Crippen molar-refractivity contribution in [1.82, 2.24) is 0 Å². The summed E-state index contributed by atoms with van der Waals surface area (Å²) in [4.78, 5) is 10.4. The number of nitrogens with zero attached hydrogens (tertiary/aromatic N) is 1. The summed E-state index contributed by atoms with van der Waals surface area (Å²) in [5, 5.41) is 23.2. The topological polar surface area (TPSA) is 84.6 Å². The minimum absolute atomic E-state index is 0.0594. The number of nitro benzene ring substituents is 1. The van der Waals surface area contributed by atoms with E-state index < -0.39 is 4.92 Å². The van der Waals surface area contributed by atoms with Crippen molar-refractivity contribution in [3.05, 3.63) is 32.3 Å². The van der Waals surface area contributed by atoms with Crippen LogP contribution in [-0.4, -0.2) is 36.4 Å². The molecule has 0 aliphatic carbocycles. The number of hydrogen-bond donors (Lipinski definition) is 2. The van der Waals surface area contributed by atoms with Gasteiger partial charge in [-0.15, -0.1) is 0 Å². The van der Waals surface area contributed by atoms with E-state index in [1.165, 1.54) is 19.2 Å². The SMILES string of the molecule is COCC(CCO)Nc1cc(Cl)c(Cl)cc1[N+](=O)[O-]. The molecule has 1 aromatic rings. The molecule has 19 heavy (non-hydrogen) atoms. The highest BCUT2D eigenvalue weighted by molar-refractivity contribution is 6.42. The Bertz CT molecular complexity index is 451. The number of benzene rings is 1. The van der Waals surface area contributed by atoms with Crippen molar-refractivity contribution in [3.63, 3.8) is 0 Å². The van der Waals surface area contributed by atoms with Crippen molar-refractivity contribution in [2.45, 2.75) is 12.5 Å². The number of ether oxygens (including phenoxy) is 1. The van der Waals surface area contributed by atoms with Crippen LogP contribution in [0.1, 0.15) is 6.42 Å². The fraction of sp³-hybridized carbons (Fsp3) is 0.455. The van der Waals surface area contributed by atoms with E-state index >= 15 is 0 Å². The maximum absolute atomic E-state index is 11.0. The molecule has 1 unspecified atom stereocenters. The zero-order valence-electron chi connectivity index (χ0n) is 10.2. The zero-order chi connectivity index (χ0) is 14.4. The summed E-state index contributed by atoms with van der Waals surface area (Å²) >= 11 is 11.6. The van der Waals surface area contributed by atoms with Crippen LogP contribution < -0.4 is 5.32 Å². The predicted molar refractivity (Wildman–Crippen MR) is 74.1 cm³/mol. The summed E-state index contributed by atoms with van der Waals surface area (Å²) in [6.07, 6.45) is 0.394. The minimum Gasteiger partial charge on any atom is -0.396 e. The number of aliphatic hydroxyl groups is 1. The zero-order valence-corrected chi connectivity index (χ0v) is 11.7. The lowest BCUT2D eigenvalue weighted by molar-refractivity contribution is -0.384. The van der Waals surface area contributed by atoms with Crippen LogP contribution in [0.15, 0.2) is 12.1 Å². The normalized spacial score (nSPS) is 12.2. The molecule has 0 fully saturated rings. The molecule has 0 heterocycles. The third-order valence-corrected chi connectivity index (χ3v) is 3.16. The van der Waals surface area contributed by atoms with Crippen LogP contribution in [0, 0.1) is 10.1 Å². The van der Waals surface area contributed by atoms with E-state index in [0.717, 1.165) is 0 Å². The van der Waals surface area contributed by atoms with E-state index in [1.807, 2.05) is 0 Å². The van der Waals surface area contributed by atoms with Crippen LogP contribution in [0.2, 0.25) is 10.0 Å². The van der Waals surface area contributed by atoms with Gasteiger partial charge in [-0.05, 0) is 12.5 Å². The molecular formula is C11H14Cl2N2O4. The van der Waals surface area contributed by atoms with Gasteiger partial charge in [0.2, 0.25) is 0 Å². The molecule has 0 spiro atoms. The van der Waals surface area contributed by atoms with Gasteiger partial charge in [0.1, 0.15) is 5.69 Å². The first-order valence-corrected chi connectivity index (χ1v) is 6.25. The van der Waals surface area contributed by atoms with Gasteiger partial charge in [-0.1, -0.05) is 23.2 Å². The largest absolute Gasteiger partial charge is 0.396 e. The summed E-state index contributed by atoms with van der Waals surface area (Å²) in [6, 6.07) is 2.32. The monoisotopic (exact) mass is 308 g/mol. The van der Waals surface area contributed by atoms with E-state index in [1.54, 1.807) is 0 Å². The molecule has 1 aromatic carbocycles. The van der Waals surface area contributed by atoms with E-state index in [9.17, 15) is 10.1 Å². The van der Waals surface area contributed by atoms with Crippen LogP contribution >= 0.6 is 23.2 Å². The van der Waals surface area contributed by atoms with Gasteiger partial charge in [0, 0.05) is 19.8 Å². The second kappa shape index (κ2) is 7.49. The average Bonchev–Trinajstić information content (AvgIpc) is 2.33. The molecule has 6 nitrogen and oxygen atoms in total. The average molecular weight is 309 g/mol. The number of aliphatic hydroxyl groups excluding tert-OH is 1. The van der Waals surface area contributed by atoms with Crippen LogP contribution in [0.4, 0.5) is 11.4 Å². The lowest BCUT2D eigenvalue weighted by Gasteiger charge is -2.18. The van der Waals surface area contributed by atoms with Crippen molar-refractivity contribution >= 4 is 34.6 Å². The lowest BCUT2D eigenvalue weighted by atomic mass is 10.2. The molecule has 1 rings (SSSR count). The molecular weight excluding hydrogens is 295 g/mol. The predicted octanol–water partition coefficient (Wildman–Crippen LogP) is 2.71. The number of nitro groups is 1. The van der Waals surface area contributed by atoms with E-state index in [4.69, 9.17) is 33.0 Å². The summed E-state index contributed by atoms with van der Waals surface area (Å²) in [7, 11) is 1.51. The molecule has 0 saturated carbocycles. The van der Waals surface area contributed by atoms with Crippen molar-refractivity contribution in [2.24, 2.45) is 0 Å². The van der Waals surface area contributed by atoms with Gasteiger partial charge < -0.3 is 15.2 Å². The molecule has 0 bridgehead atoms. The van der Waals surface area contributed by atoms with Crippen LogP contribution in [0.25, 0.3) is 0 Å². The molecule has 0 aliphatic rings. The van der Waals surface area contributed by atoms with Gasteiger partial charge in [0.25, 0.3) is 5.69 Å². The maximum Gasteiger partial charge on any atom is 0.293 e. The molecule has 1 atom stereocenters. The van der Waals surface area contributed by atoms with Crippen LogP contribution in [-0.2, 0) is 4.74 Å². The number of halogens is 2. The second-order valence-corrected chi connectivity index (χ2v) is 4.66. The molecule has 0 aromatic heterocycles. The second-order valence-electron chi connectivity index (χ2n) is 3.85. The standard InChI is InChI=1S/C11H14Cl2N2O4/c1-19-6-7(2-3-16)14-10-4-8(12)9(13)5-11(10)15(17)18/h4-5,7,14,16H,2-3,6H2,1H3. The Kier molecular flexibility index (Phi) is 6.30. The Hall–Kier alpha value is -1.08. The summed E-state index contributed by atoms with van der Waals surface area (Å²) < 4.78 is 4.98. The summed E-state index contributed by atoms with van der Waals surface area (Å²) in [5.41, 5.74) is 0.0725. The van der Waals surface area contributed by atoms with Crippen LogP contribution in [0.3, 0.4) is 0 Å². The summed E-state index contributed by atoms with van der Waals surface area (Å²) in [6.45, 7) is 0.244. The highest BCUT2D eigenvalue weighted by Crippen LogP contribution is 2.34. The molecule has 0 radical (unpaired) electrons. The number of methoxy groups -OCH3 is 1. The Balaban J connectivity index is 3.03. The van der Waals surface area contributed by atoms with Crippen molar-refractivity contribution in [2.75, 3.05) is 25.6 Å². The number of hydrogen-bond acceptors (Lipinski definition) is 5. The fourth-order valence-corrected chi connectivity index (χ4v) is 1.90. The molecule has 0 saturated heterocycles. The first-order chi connectivity index (χ1) is 8.99. The minimum atomic E-state index is -0.548. The Morgan fingerprint density at radius 2 is 2.11 bits per heavy atom. The molecule has 106 valence electrons. The van der Waals surface area contributed by atoms with Crippen molar-refractivity contribution in [3.8, 4) is 0 Å². The van der Waals surface area contributed by atoms with Gasteiger partial charge >= 0.3 is 0 Å². The van der Waals surface area contributed by atoms with Gasteiger partial charge in [-0.2, -0.15) is 0 Å². The van der Waals surface area contributed by atoms with E-state index in [0.29, 0.717) is 13.0 Å². The molecule has 8 heteroatoms. The maximum atomic E-state index is 11.0. The van der Waals surface area contributed by atoms with Crippen molar-refractivity contribution < 1.29 is 14.8 Å². The van der Waals surface area contributed by atoms with Crippen molar-refractivity contribution in [1.29, 1.82) is 0 Å². The van der Waals surface area contributed by atoms with Gasteiger partial charge in [0.15, 0.2) is 0 Å². The lowest BCUT2D eigenvalue weighted by Crippen LogP contribution is -2.26. The third-order valence-electron chi connectivity index (χ3n) is 2.44. The van der Waals surface area contributed by atoms with E-state index in [-0.39, 0.29) is 34.1 Å². The highest BCUT2D eigenvalue weighted by atomic mass is 35.5. The Morgan fingerprint density at radius 1 is 1.47 bits per heavy atom. The smallest absolute Gasteiger partial charge is 0.293 e. The Labute approximate surface area is 120 Å². The summed E-state index contributed by atoms with van der Waals surface area (Å²) in [5.74, 6) is 0. The van der Waals surface area contributed by atoms with Crippen LogP contribution in [0.5, 0.6) is 0 Å². The first-order valence-electron chi connectivity index (χ1n) is 5.49. The molecule has 0 aliphatic heterocycles. The van der Waals surface area contributed by atoms with Gasteiger partial charge in [0.05, 0.1) is 27.6 Å². The fourth-order valence-electron chi connectivity index (χ4n) is 1.58. The Morgan fingerprint density at radius 3 is 2.63 bits per heavy atom. The molecule has 0 amide bonds. The number of anilines is 1. The van der Waals surface area contributed by atoms with E-state index in [2.05, 4.69) is 5.32 Å². The van der Waals surface area contributed by atoms with Gasteiger partial charge in [-0.25, -0.2) is 0 Å².